The van der Waals surface area contributed by atoms with Crippen molar-refractivity contribution in [3.05, 3.63) is 62.7 Å². The van der Waals surface area contributed by atoms with Crippen molar-refractivity contribution in [3.63, 3.8) is 0 Å². The number of hydrogen-bond acceptors (Lipinski definition) is 2. The van der Waals surface area contributed by atoms with Gasteiger partial charge in [0, 0.05) is 9.13 Å². The number of benzene rings is 2. The minimum absolute atomic E-state index is 0.0113. The molecule has 0 saturated carbocycles. The van der Waals surface area contributed by atoms with E-state index in [1.165, 1.54) is 0 Å². The van der Waals surface area contributed by atoms with Crippen LogP contribution in [0.5, 0.6) is 5.75 Å². The van der Waals surface area contributed by atoms with E-state index < -0.39 is 0 Å². The number of carbonyl (C=O) groups is 1. The predicted molar refractivity (Wildman–Crippen MR) is 84.9 cm³/mol. The Morgan fingerprint density at radius 2 is 1.89 bits per heavy atom. The van der Waals surface area contributed by atoms with Gasteiger partial charge in [-0.15, -0.1) is 0 Å². The van der Waals surface area contributed by atoms with Gasteiger partial charge in [0.15, 0.2) is 5.78 Å². The van der Waals surface area contributed by atoms with Gasteiger partial charge in [-0.3, -0.25) is 4.79 Å². The standard InChI is InChI=1S/C16H15IO2/c1-3-19-15-9-8-11(2)10-13(15)16(18)12-6-4-5-7-14(12)17/h4-10H,3H2,1-2H3. The van der Waals surface area contributed by atoms with Gasteiger partial charge in [0.05, 0.1) is 12.2 Å². The summed E-state index contributed by atoms with van der Waals surface area (Å²) in [6.07, 6.45) is 0. The largest absolute Gasteiger partial charge is 0.493 e. The van der Waals surface area contributed by atoms with Gasteiger partial charge in [0.1, 0.15) is 5.75 Å². The van der Waals surface area contributed by atoms with E-state index in [9.17, 15) is 4.79 Å². The zero-order valence-corrected chi connectivity index (χ0v) is 13.1. The van der Waals surface area contributed by atoms with Crippen LogP contribution in [0.4, 0.5) is 0 Å². The Morgan fingerprint density at radius 3 is 2.58 bits per heavy atom. The lowest BCUT2D eigenvalue weighted by Gasteiger charge is -2.11. The van der Waals surface area contributed by atoms with E-state index in [0.29, 0.717) is 17.9 Å². The molecule has 0 atom stereocenters. The third-order valence-electron chi connectivity index (χ3n) is 2.80. The van der Waals surface area contributed by atoms with E-state index in [-0.39, 0.29) is 5.78 Å². The highest BCUT2D eigenvalue weighted by Crippen LogP contribution is 2.25. The normalized spacial score (nSPS) is 10.3. The zero-order chi connectivity index (χ0) is 13.8. The van der Waals surface area contributed by atoms with E-state index in [1.807, 2.05) is 56.3 Å². The molecular formula is C16H15IO2. The average molecular weight is 366 g/mol. The molecule has 98 valence electrons. The maximum atomic E-state index is 12.6. The highest BCUT2D eigenvalue weighted by molar-refractivity contribution is 14.1. The van der Waals surface area contributed by atoms with Gasteiger partial charge in [-0.2, -0.15) is 0 Å². The number of aryl methyl sites for hydroxylation is 1. The molecular weight excluding hydrogens is 351 g/mol. The molecule has 19 heavy (non-hydrogen) atoms. The van der Waals surface area contributed by atoms with Crippen LogP contribution in [0.1, 0.15) is 28.4 Å². The Labute approximate surface area is 126 Å². The summed E-state index contributed by atoms with van der Waals surface area (Å²) >= 11 is 2.18. The second kappa shape index (κ2) is 6.19. The Bertz CT molecular complexity index is 605. The van der Waals surface area contributed by atoms with E-state index in [1.54, 1.807) is 0 Å². The molecule has 2 aromatic carbocycles. The summed E-state index contributed by atoms with van der Waals surface area (Å²) in [6, 6.07) is 13.3. The second-order valence-corrected chi connectivity index (χ2v) is 5.40. The maximum absolute atomic E-state index is 12.6. The van der Waals surface area contributed by atoms with Crippen molar-refractivity contribution < 1.29 is 9.53 Å². The second-order valence-electron chi connectivity index (χ2n) is 4.24. The number of ether oxygens (including phenoxy) is 1. The molecule has 2 aromatic rings. The predicted octanol–water partition coefficient (Wildman–Crippen LogP) is 4.23. The number of carbonyl (C=O) groups excluding carboxylic acids is 1. The molecule has 0 N–H and O–H groups in total. The molecule has 0 fully saturated rings. The van der Waals surface area contributed by atoms with Gasteiger partial charge in [-0.1, -0.05) is 23.8 Å². The van der Waals surface area contributed by atoms with Gasteiger partial charge in [-0.05, 0) is 60.7 Å². The quantitative estimate of drug-likeness (QED) is 0.598. The fourth-order valence-corrected chi connectivity index (χ4v) is 2.53. The van der Waals surface area contributed by atoms with Gasteiger partial charge < -0.3 is 4.74 Å². The van der Waals surface area contributed by atoms with Crippen molar-refractivity contribution in [2.75, 3.05) is 6.61 Å². The Morgan fingerprint density at radius 1 is 1.16 bits per heavy atom. The number of ketones is 1. The summed E-state index contributed by atoms with van der Waals surface area (Å²) < 4.78 is 6.50. The molecule has 0 amide bonds. The summed E-state index contributed by atoms with van der Waals surface area (Å²) in [7, 11) is 0. The van der Waals surface area contributed by atoms with Crippen LogP contribution in [0, 0.1) is 10.5 Å². The first kappa shape index (κ1) is 14.1. The van der Waals surface area contributed by atoms with Crippen molar-refractivity contribution in [1.29, 1.82) is 0 Å². The van der Waals surface area contributed by atoms with Crippen molar-refractivity contribution >= 4 is 28.4 Å². The number of halogens is 1. The molecule has 2 rings (SSSR count). The van der Waals surface area contributed by atoms with E-state index in [2.05, 4.69) is 22.6 Å². The minimum atomic E-state index is 0.0113. The molecule has 0 bridgehead atoms. The van der Waals surface area contributed by atoms with Gasteiger partial charge in [-0.25, -0.2) is 0 Å². The molecule has 0 saturated heterocycles. The van der Waals surface area contributed by atoms with Crippen LogP contribution >= 0.6 is 22.6 Å². The summed E-state index contributed by atoms with van der Waals surface area (Å²) in [5, 5.41) is 0. The molecule has 0 aliphatic rings. The summed E-state index contributed by atoms with van der Waals surface area (Å²) in [6.45, 7) is 4.44. The topological polar surface area (TPSA) is 26.3 Å². The van der Waals surface area contributed by atoms with Crippen LogP contribution in [0.15, 0.2) is 42.5 Å². The van der Waals surface area contributed by atoms with Crippen LogP contribution in [0.25, 0.3) is 0 Å². The molecule has 2 nitrogen and oxygen atoms in total. The SMILES string of the molecule is CCOc1ccc(C)cc1C(=O)c1ccccc1I. The minimum Gasteiger partial charge on any atom is -0.493 e. The Hall–Kier alpha value is -1.36. The van der Waals surface area contributed by atoms with Crippen LogP contribution in [-0.4, -0.2) is 12.4 Å². The maximum Gasteiger partial charge on any atom is 0.197 e. The lowest BCUT2D eigenvalue weighted by molar-refractivity contribution is 0.103. The van der Waals surface area contributed by atoms with Crippen LogP contribution < -0.4 is 4.74 Å². The average Bonchev–Trinajstić information content (AvgIpc) is 2.41. The lowest BCUT2D eigenvalue weighted by Crippen LogP contribution is -2.07. The first-order valence-electron chi connectivity index (χ1n) is 6.16. The van der Waals surface area contributed by atoms with Crippen molar-refractivity contribution in [2.24, 2.45) is 0 Å². The first-order valence-corrected chi connectivity index (χ1v) is 7.24. The third-order valence-corrected chi connectivity index (χ3v) is 3.74. The smallest absolute Gasteiger partial charge is 0.197 e. The van der Waals surface area contributed by atoms with Crippen molar-refractivity contribution in [1.82, 2.24) is 0 Å². The number of hydrogen-bond donors (Lipinski definition) is 0. The molecule has 0 radical (unpaired) electrons. The molecule has 0 aliphatic heterocycles. The fourth-order valence-electron chi connectivity index (χ4n) is 1.89. The van der Waals surface area contributed by atoms with Crippen molar-refractivity contribution in [2.45, 2.75) is 13.8 Å². The highest BCUT2D eigenvalue weighted by Gasteiger charge is 2.16. The summed E-state index contributed by atoms with van der Waals surface area (Å²) in [5.74, 6) is 0.662. The van der Waals surface area contributed by atoms with Crippen LogP contribution in [0.2, 0.25) is 0 Å². The van der Waals surface area contributed by atoms with E-state index in [0.717, 1.165) is 14.7 Å². The highest BCUT2D eigenvalue weighted by atomic mass is 127. The van der Waals surface area contributed by atoms with Crippen LogP contribution in [0.3, 0.4) is 0 Å². The summed E-state index contributed by atoms with van der Waals surface area (Å²) in [4.78, 5) is 12.6. The Balaban J connectivity index is 2.49. The van der Waals surface area contributed by atoms with E-state index >= 15 is 0 Å². The molecule has 0 aromatic heterocycles. The number of rotatable bonds is 4. The van der Waals surface area contributed by atoms with E-state index in [4.69, 9.17) is 4.74 Å². The lowest BCUT2D eigenvalue weighted by atomic mass is 10.0. The fraction of sp³-hybridized carbons (Fsp3) is 0.188. The molecule has 0 aliphatic carbocycles. The molecule has 3 heteroatoms. The van der Waals surface area contributed by atoms with Crippen LogP contribution in [-0.2, 0) is 0 Å². The Kier molecular flexibility index (Phi) is 4.58. The first-order chi connectivity index (χ1) is 9.13. The summed E-state index contributed by atoms with van der Waals surface area (Å²) in [5.41, 5.74) is 2.40. The molecule has 0 spiro atoms. The van der Waals surface area contributed by atoms with Gasteiger partial charge >= 0.3 is 0 Å². The monoisotopic (exact) mass is 366 g/mol. The molecule has 0 unspecified atom stereocenters. The molecule has 0 heterocycles. The van der Waals surface area contributed by atoms with Gasteiger partial charge in [0.2, 0.25) is 0 Å². The van der Waals surface area contributed by atoms with Gasteiger partial charge in [0.25, 0.3) is 0 Å². The van der Waals surface area contributed by atoms with Crippen molar-refractivity contribution in [3.8, 4) is 5.75 Å². The third kappa shape index (κ3) is 3.15. The zero-order valence-electron chi connectivity index (χ0n) is 10.9.